The molecular formula is C27H36N8O6. The van der Waals surface area contributed by atoms with E-state index in [0.717, 1.165) is 25.9 Å². The molecule has 2 fully saturated rings. The van der Waals surface area contributed by atoms with E-state index in [1.165, 1.54) is 46.3 Å². The molecule has 0 saturated carbocycles. The van der Waals surface area contributed by atoms with Crippen molar-refractivity contribution in [1.29, 1.82) is 0 Å². The Morgan fingerprint density at radius 2 is 1.98 bits per heavy atom. The second kappa shape index (κ2) is 12.9. The summed E-state index contributed by atoms with van der Waals surface area (Å²) >= 11 is 0. The van der Waals surface area contributed by atoms with Crippen LogP contribution in [0, 0.1) is 11.8 Å². The number of carbonyl (C=O) groups excluding carboxylic acids is 5. The number of nitrogens with one attached hydrogen (secondary N) is 3. The number of fused-ring (bicyclic) bond motifs is 2. The first-order chi connectivity index (χ1) is 19.5. The SMILES string of the molecule is CC1CC2CCCN(C2)C1NC(=O)Cn1cccc(NC(=O)C(CCC(=O)C(N)=O)NC(=O)c2ccnn2C)c1=O. The smallest absolute Gasteiger partial charge is 0.284 e. The number of primary amides is 1. The van der Waals surface area contributed by atoms with Crippen molar-refractivity contribution in [3.05, 3.63) is 46.6 Å². The lowest BCUT2D eigenvalue weighted by molar-refractivity contribution is -0.136. The summed E-state index contributed by atoms with van der Waals surface area (Å²) in [4.78, 5) is 77.2. The van der Waals surface area contributed by atoms with Gasteiger partial charge >= 0.3 is 0 Å². The summed E-state index contributed by atoms with van der Waals surface area (Å²) in [5, 5.41) is 12.0. The highest BCUT2D eigenvalue weighted by Crippen LogP contribution is 2.32. The lowest BCUT2D eigenvalue weighted by Gasteiger charge is -2.47. The molecule has 41 heavy (non-hydrogen) atoms. The van der Waals surface area contributed by atoms with E-state index in [2.05, 4.69) is 32.9 Å². The van der Waals surface area contributed by atoms with Crippen molar-refractivity contribution in [2.24, 2.45) is 24.6 Å². The van der Waals surface area contributed by atoms with Crippen LogP contribution in [0.5, 0.6) is 0 Å². The molecule has 14 heteroatoms. The minimum atomic E-state index is -1.28. The lowest BCUT2D eigenvalue weighted by atomic mass is 9.82. The minimum Gasteiger partial charge on any atom is -0.363 e. The third-order valence-electron chi connectivity index (χ3n) is 7.70. The van der Waals surface area contributed by atoms with Crippen LogP contribution in [-0.4, -0.2) is 74.0 Å². The summed E-state index contributed by atoms with van der Waals surface area (Å²) in [5.41, 5.74) is 4.45. The average molecular weight is 569 g/mol. The maximum absolute atomic E-state index is 13.2. The highest BCUT2D eigenvalue weighted by Gasteiger charge is 2.36. The normalized spacial score (nSPS) is 22.3. The monoisotopic (exact) mass is 568 g/mol. The summed E-state index contributed by atoms with van der Waals surface area (Å²) in [7, 11) is 1.54. The summed E-state index contributed by atoms with van der Waals surface area (Å²) in [6, 6.07) is 3.05. The number of nitrogens with two attached hydrogens (primary N) is 1. The molecule has 2 aliphatic heterocycles. The molecule has 2 aromatic rings. The van der Waals surface area contributed by atoms with Gasteiger partial charge in [-0.05, 0) is 55.7 Å². The van der Waals surface area contributed by atoms with Crippen LogP contribution in [0.2, 0.25) is 0 Å². The van der Waals surface area contributed by atoms with Crippen molar-refractivity contribution >= 4 is 35.1 Å². The highest BCUT2D eigenvalue weighted by molar-refractivity contribution is 6.35. The van der Waals surface area contributed by atoms with Crippen LogP contribution in [0.1, 0.15) is 49.5 Å². The number of hydrogen-bond acceptors (Lipinski definition) is 8. The van der Waals surface area contributed by atoms with E-state index >= 15 is 0 Å². The number of rotatable bonds is 11. The zero-order valence-corrected chi connectivity index (χ0v) is 23.2. The standard InChI is InChI=1S/C27H36N8O6/c1-16-13-17-5-3-11-34(14-17)24(16)32-22(37)15-35-12-4-6-19(27(35)41)31-25(39)18(7-8-21(36)23(28)38)30-26(40)20-9-10-29-33(20)2/h4,6,9-10,12,16-18,24H,3,5,7-8,11,13-15H2,1-2H3,(H2,28,38)(H,30,40)(H,31,39)(H,32,37). The summed E-state index contributed by atoms with van der Waals surface area (Å²) in [6.45, 7) is 3.77. The number of anilines is 1. The van der Waals surface area contributed by atoms with Gasteiger partial charge in [0.1, 0.15) is 24.0 Å². The van der Waals surface area contributed by atoms with E-state index < -0.39 is 41.5 Å². The molecule has 14 nitrogen and oxygen atoms in total. The summed E-state index contributed by atoms with van der Waals surface area (Å²) < 4.78 is 2.49. The Bertz CT molecular complexity index is 1380. The Morgan fingerprint density at radius 1 is 1.20 bits per heavy atom. The molecule has 220 valence electrons. The summed E-state index contributed by atoms with van der Waals surface area (Å²) in [6.07, 6.45) is 5.49. The molecule has 0 spiro atoms. The lowest BCUT2D eigenvalue weighted by Crippen LogP contribution is -2.59. The van der Waals surface area contributed by atoms with Crippen molar-refractivity contribution in [1.82, 2.24) is 29.9 Å². The third-order valence-corrected chi connectivity index (χ3v) is 7.70. The first-order valence-electron chi connectivity index (χ1n) is 13.7. The fourth-order valence-electron chi connectivity index (χ4n) is 5.63. The van der Waals surface area contributed by atoms with Gasteiger partial charge in [-0.1, -0.05) is 6.92 Å². The average Bonchev–Trinajstić information content (AvgIpc) is 3.36. The van der Waals surface area contributed by atoms with Crippen LogP contribution >= 0.6 is 0 Å². The fraction of sp³-hybridized carbons (Fsp3) is 0.519. The van der Waals surface area contributed by atoms with Crippen LogP contribution in [0.25, 0.3) is 0 Å². The van der Waals surface area contributed by atoms with Crippen LogP contribution < -0.4 is 27.2 Å². The van der Waals surface area contributed by atoms with Crippen LogP contribution in [0.15, 0.2) is 35.4 Å². The Balaban J connectivity index is 1.43. The van der Waals surface area contributed by atoms with Crippen molar-refractivity contribution in [3.63, 3.8) is 0 Å². The number of carbonyl (C=O) groups is 5. The Hall–Kier alpha value is -4.33. The van der Waals surface area contributed by atoms with Gasteiger partial charge in [0, 0.05) is 39.0 Å². The van der Waals surface area contributed by atoms with Gasteiger partial charge in [-0.3, -0.25) is 38.3 Å². The number of nitrogens with zero attached hydrogens (tertiary/aromatic N) is 4. The number of pyridine rings is 1. The second-order valence-corrected chi connectivity index (χ2v) is 10.8. The Morgan fingerprint density at radius 3 is 2.68 bits per heavy atom. The third kappa shape index (κ3) is 7.25. The van der Waals surface area contributed by atoms with Gasteiger partial charge < -0.3 is 26.3 Å². The molecule has 2 aliphatic rings. The molecular weight excluding hydrogens is 532 g/mol. The minimum absolute atomic E-state index is 0.0930. The molecule has 4 amide bonds. The van der Waals surface area contributed by atoms with Crippen LogP contribution in [0.3, 0.4) is 0 Å². The van der Waals surface area contributed by atoms with E-state index in [1.807, 2.05) is 0 Å². The molecule has 0 aliphatic carbocycles. The van der Waals surface area contributed by atoms with Crippen molar-refractivity contribution in [3.8, 4) is 0 Å². The Labute approximate surface area is 236 Å². The van der Waals surface area contributed by atoms with Gasteiger partial charge in [0.25, 0.3) is 17.4 Å². The Kier molecular flexibility index (Phi) is 9.32. The molecule has 5 N–H and O–H groups in total. The van der Waals surface area contributed by atoms with Gasteiger partial charge in [-0.25, -0.2) is 0 Å². The van der Waals surface area contributed by atoms with E-state index in [1.54, 1.807) is 7.05 Å². The van der Waals surface area contributed by atoms with Gasteiger partial charge in [0.05, 0.1) is 6.17 Å². The molecule has 0 radical (unpaired) electrons. The molecule has 2 bridgehead atoms. The highest BCUT2D eigenvalue weighted by atomic mass is 16.2. The first-order valence-corrected chi connectivity index (χ1v) is 13.7. The number of ketones is 1. The molecule has 2 aromatic heterocycles. The van der Waals surface area contributed by atoms with E-state index in [4.69, 9.17) is 5.73 Å². The number of piperidine rings is 2. The molecule has 2 saturated heterocycles. The van der Waals surface area contributed by atoms with Crippen molar-refractivity contribution in [2.45, 2.75) is 57.8 Å². The van der Waals surface area contributed by atoms with E-state index in [9.17, 15) is 28.8 Å². The quantitative estimate of drug-likeness (QED) is 0.257. The van der Waals surface area contributed by atoms with Gasteiger partial charge in [-0.15, -0.1) is 0 Å². The number of amides is 4. The predicted octanol–water partition coefficient (Wildman–Crippen LogP) is -0.652. The second-order valence-electron chi connectivity index (χ2n) is 10.8. The maximum atomic E-state index is 13.2. The van der Waals surface area contributed by atoms with Gasteiger partial charge in [0.2, 0.25) is 17.6 Å². The predicted molar refractivity (Wildman–Crippen MR) is 147 cm³/mol. The maximum Gasteiger partial charge on any atom is 0.284 e. The number of aromatic nitrogens is 3. The first kappa shape index (κ1) is 29.6. The molecule has 4 rings (SSSR count). The molecule has 5 atom stereocenters. The van der Waals surface area contributed by atoms with Crippen LogP contribution in [0.4, 0.5) is 5.69 Å². The molecule has 5 unspecified atom stereocenters. The zero-order valence-electron chi connectivity index (χ0n) is 23.2. The molecule has 0 aromatic carbocycles. The number of aryl methyl sites for hydroxylation is 1. The zero-order chi connectivity index (χ0) is 29.7. The summed E-state index contributed by atoms with van der Waals surface area (Å²) in [5.74, 6) is -2.86. The van der Waals surface area contributed by atoms with Gasteiger partial charge in [-0.2, -0.15) is 5.10 Å². The van der Waals surface area contributed by atoms with Crippen LogP contribution in [-0.2, 0) is 32.8 Å². The van der Waals surface area contributed by atoms with E-state index in [-0.39, 0.29) is 36.4 Å². The largest absolute Gasteiger partial charge is 0.363 e. The van der Waals surface area contributed by atoms with Gasteiger partial charge in [0.15, 0.2) is 0 Å². The number of Topliss-reactive ketones (excluding diaryl/α,β-unsaturated/α-hetero) is 1. The van der Waals surface area contributed by atoms with Crippen molar-refractivity contribution < 1.29 is 24.0 Å². The molecule has 4 heterocycles. The topological polar surface area (TPSA) is 191 Å². The van der Waals surface area contributed by atoms with E-state index in [0.29, 0.717) is 11.8 Å². The fourth-order valence-corrected chi connectivity index (χ4v) is 5.63. The number of hydrogen-bond donors (Lipinski definition) is 4. The van der Waals surface area contributed by atoms with Crippen molar-refractivity contribution in [2.75, 3.05) is 18.4 Å².